The maximum absolute atomic E-state index is 4.62. The molecule has 0 bridgehead atoms. The zero-order chi connectivity index (χ0) is 15.5. The molecule has 1 N–H and O–H groups in total. The van der Waals surface area contributed by atoms with Gasteiger partial charge in [0.25, 0.3) is 0 Å². The molecule has 3 rings (SSSR count). The first kappa shape index (κ1) is 15.2. The van der Waals surface area contributed by atoms with Crippen molar-refractivity contribution in [2.45, 2.75) is 26.3 Å². The number of aromatic nitrogens is 3. The lowest BCUT2D eigenvalue weighted by molar-refractivity contribution is 0.608. The molecule has 0 fully saturated rings. The van der Waals surface area contributed by atoms with Gasteiger partial charge in [-0.15, -0.1) is 0 Å². The van der Waals surface area contributed by atoms with Crippen LogP contribution in [0.4, 0.5) is 0 Å². The van der Waals surface area contributed by atoms with Crippen molar-refractivity contribution in [2.75, 3.05) is 6.54 Å². The Balaban J connectivity index is 1.61. The number of fused-ring (bicyclic) bond motifs is 1. The fourth-order valence-corrected chi connectivity index (χ4v) is 3.19. The fourth-order valence-electron chi connectivity index (χ4n) is 2.55. The van der Waals surface area contributed by atoms with E-state index in [2.05, 4.69) is 80.1 Å². The van der Waals surface area contributed by atoms with E-state index in [0.717, 1.165) is 28.9 Å². The van der Waals surface area contributed by atoms with E-state index in [9.17, 15) is 0 Å². The van der Waals surface area contributed by atoms with Crippen LogP contribution in [0.1, 0.15) is 29.7 Å². The lowest BCUT2D eigenvalue weighted by atomic mass is 10.0. The number of aryl methyl sites for hydroxylation is 1. The Morgan fingerprint density at radius 3 is 2.95 bits per heavy atom. The molecular weight excluding hydrogens is 340 g/mol. The van der Waals surface area contributed by atoms with Crippen LogP contribution in [-0.2, 0) is 6.54 Å². The average Bonchev–Trinajstić information content (AvgIpc) is 2.89. The van der Waals surface area contributed by atoms with Crippen molar-refractivity contribution in [1.82, 2.24) is 19.7 Å². The van der Waals surface area contributed by atoms with Crippen LogP contribution in [0.5, 0.6) is 0 Å². The largest absolute Gasteiger partial charge is 0.311 e. The summed E-state index contributed by atoms with van der Waals surface area (Å²) in [5, 5.41) is 3.49. The predicted octanol–water partition coefficient (Wildman–Crippen LogP) is 3.69. The molecule has 1 unspecified atom stereocenters. The third kappa shape index (κ3) is 3.36. The maximum Gasteiger partial charge on any atom is 0.137 e. The molecule has 0 aromatic carbocycles. The standard InChI is InChI=1S/C17H19BrN4/c1-12-3-4-17-21-14(11-22(17)10-12)8-20-7-13(2)15-5-6-19-9-16(15)18/h3-6,9-11,13,20H,7-8H2,1-2H3. The highest BCUT2D eigenvalue weighted by atomic mass is 79.9. The lowest BCUT2D eigenvalue weighted by Gasteiger charge is -2.13. The number of hydrogen-bond acceptors (Lipinski definition) is 3. The molecule has 114 valence electrons. The number of halogens is 1. The van der Waals surface area contributed by atoms with E-state index >= 15 is 0 Å². The highest BCUT2D eigenvalue weighted by Crippen LogP contribution is 2.23. The SMILES string of the molecule is Cc1ccc2nc(CNCC(C)c3ccncc3Br)cn2c1. The van der Waals surface area contributed by atoms with Gasteiger partial charge in [0.1, 0.15) is 5.65 Å². The Labute approximate surface area is 138 Å². The Morgan fingerprint density at radius 2 is 2.14 bits per heavy atom. The minimum atomic E-state index is 0.414. The normalized spacial score (nSPS) is 12.7. The van der Waals surface area contributed by atoms with E-state index < -0.39 is 0 Å². The van der Waals surface area contributed by atoms with Crippen LogP contribution < -0.4 is 5.32 Å². The van der Waals surface area contributed by atoms with Gasteiger partial charge in [0.15, 0.2) is 0 Å². The number of imidazole rings is 1. The summed E-state index contributed by atoms with van der Waals surface area (Å²) in [6, 6.07) is 6.20. The highest BCUT2D eigenvalue weighted by Gasteiger charge is 2.09. The van der Waals surface area contributed by atoms with Crippen molar-refractivity contribution >= 4 is 21.6 Å². The quantitative estimate of drug-likeness (QED) is 0.756. The molecule has 0 amide bonds. The van der Waals surface area contributed by atoms with E-state index in [0.29, 0.717) is 5.92 Å². The summed E-state index contributed by atoms with van der Waals surface area (Å²) in [7, 11) is 0. The smallest absolute Gasteiger partial charge is 0.137 e. The van der Waals surface area contributed by atoms with Crippen LogP contribution in [-0.4, -0.2) is 20.9 Å². The molecule has 4 nitrogen and oxygen atoms in total. The van der Waals surface area contributed by atoms with Crippen LogP contribution in [0, 0.1) is 6.92 Å². The molecule has 22 heavy (non-hydrogen) atoms. The third-order valence-electron chi connectivity index (χ3n) is 3.74. The fraction of sp³-hybridized carbons (Fsp3) is 0.294. The van der Waals surface area contributed by atoms with Crippen molar-refractivity contribution in [2.24, 2.45) is 0 Å². The second-order valence-corrected chi connectivity index (χ2v) is 6.49. The van der Waals surface area contributed by atoms with Crippen molar-refractivity contribution < 1.29 is 0 Å². The van der Waals surface area contributed by atoms with Crippen LogP contribution in [0.2, 0.25) is 0 Å². The van der Waals surface area contributed by atoms with Crippen molar-refractivity contribution in [3.8, 4) is 0 Å². The van der Waals surface area contributed by atoms with Gasteiger partial charge in [0.2, 0.25) is 0 Å². The molecule has 3 heterocycles. The summed E-state index contributed by atoms with van der Waals surface area (Å²) in [6.07, 6.45) is 7.86. The first-order valence-electron chi connectivity index (χ1n) is 7.38. The molecular formula is C17H19BrN4. The van der Waals surface area contributed by atoms with Crippen molar-refractivity contribution in [3.05, 3.63) is 64.3 Å². The van der Waals surface area contributed by atoms with E-state index in [1.165, 1.54) is 11.1 Å². The molecule has 0 saturated carbocycles. The monoisotopic (exact) mass is 358 g/mol. The van der Waals surface area contributed by atoms with Crippen LogP contribution >= 0.6 is 15.9 Å². The molecule has 1 atom stereocenters. The molecule has 0 aliphatic carbocycles. The summed E-state index contributed by atoms with van der Waals surface area (Å²) in [5.74, 6) is 0.414. The number of hydrogen-bond donors (Lipinski definition) is 1. The molecule has 0 aliphatic rings. The number of pyridine rings is 2. The Bertz CT molecular complexity index is 781. The predicted molar refractivity (Wildman–Crippen MR) is 92.0 cm³/mol. The summed E-state index contributed by atoms with van der Waals surface area (Å²) in [5.41, 5.74) is 4.56. The second kappa shape index (κ2) is 6.58. The Kier molecular flexibility index (Phi) is 4.55. The zero-order valence-corrected chi connectivity index (χ0v) is 14.3. The molecule has 3 aromatic rings. The van der Waals surface area contributed by atoms with Gasteiger partial charge in [-0.05, 0) is 52.0 Å². The van der Waals surface area contributed by atoms with Gasteiger partial charge in [-0.1, -0.05) is 13.0 Å². The number of rotatable bonds is 5. The van der Waals surface area contributed by atoms with E-state index in [1.54, 1.807) is 0 Å². The van der Waals surface area contributed by atoms with Crippen LogP contribution in [0.15, 0.2) is 47.5 Å². The topological polar surface area (TPSA) is 42.2 Å². The summed E-state index contributed by atoms with van der Waals surface area (Å²) in [4.78, 5) is 8.73. The van der Waals surface area contributed by atoms with E-state index in [-0.39, 0.29) is 0 Å². The van der Waals surface area contributed by atoms with Gasteiger partial charge >= 0.3 is 0 Å². The molecule has 0 radical (unpaired) electrons. The Hall–Kier alpha value is -1.72. The van der Waals surface area contributed by atoms with Crippen LogP contribution in [0.25, 0.3) is 5.65 Å². The highest BCUT2D eigenvalue weighted by molar-refractivity contribution is 9.10. The minimum Gasteiger partial charge on any atom is -0.311 e. The summed E-state index contributed by atoms with van der Waals surface area (Å²) >= 11 is 3.56. The maximum atomic E-state index is 4.62. The summed E-state index contributed by atoms with van der Waals surface area (Å²) < 4.78 is 3.14. The zero-order valence-electron chi connectivity index (χ0n) is 12.8. The molecule has 3 aromatic heterocycles. The minimum absolute atomic E-state index is 0.414. The lowest BCUT2D eigenvalue weighted by Crippen LogP contribution is -2.20. The van der Waals surface area contributed by atoms with Gasteiger partial charge in [-0.3, -0.25) is 4.98 Å². The number of nitrogens with one attached hydrogen (secondary N) is 1. The third-order valence-corrected chi connectivity index (χ3v) is 4.40. The van der Waals surface area contributed by atoms with Crippen molar-refractivity contribution in [1.29, 1.82) is 0 Å². The van der Waals surface area contributed by atoms with Gasteiger partial charge in [-0.2, -0.15) is 0 Å². The van der Waals surface area contributed by atoms with Gasteiger partial charge in [0, 0.05) is 42.3 Å². The van der Waals surface area contributed by atoms with E-state index in [4.69, 9.17) is 0 Å². The van der Waals surface area contributed by atoms with Gasteiger partial charge in [0.05, 0.1) is 5.69 Å². The molecule has 0 saturated heterocycles. The Morgan fingerprint density at radius 1 is 1.27 bits per heavy atom. The van der Waals surface area contributed by atoms with Gasteiger partial charge < -0.3 is 9.72 Å². The first-order chi connectivity index (χ1) is 10.6. The van der Waals surface area contributed by atoms with Crippen LogP contribution in [0.3, 0.4) is 0 Å². The summed E-state index contributed by atoms with van der Waals surface area (Å²) in [6.45, 7) is 5.97. The first-order valence-corrected chi connectivity index (χ1v) is 8.17. The molecule has 0 spiro atoms. The second-order valence-electron chi connectivity index (χ2n) is 5.63. The molecule has 0 aliphatic heterocycles. The number of nitrogens with zero attached hydrogens (tertiary/aromatic N) is 3. The average molecular weight is 359 g/mol. The van der Waals surface area contributed by atoms with Crippen molar-refractivity contribution in [3.63, 3.8) is 0 Å². The van der Waals surface area contributed by atoms with Gasteiger partial charge in [-0.25, -0.2) is 4.98 Å². The molecule has 5 heteroatoms. The van der Waals surface area contributed by atoms with E-state index in [1.807, 2.05) is 12.4 Å².